The summed E-state index contributed by atoms with van der Waals surface area (Å²) in [5.41, 5.74) is 8.12. The molecule has 1 aliphatic heterocycles. The van der Waals surface area contributed by atoms with Gasteiger partial charge in [-0.3, -0.25) is 14.6 Å². The summed E-state index contributed by atoms with van der Waals surface area (Å²) in [5.74, 6) is 0.650. The fourth-order valence-electron chi connectivity index (χ4n) is 3.51. The van der Waals surface area contributed by atoms with Crippen LogP contribution in [0, 0.1) is 5.92 Å². The third-order valence-electron chi connectivity index (χ3n) is 5.28. The fraction of sp³-hybridized carbons (Fsp3) is 0.208. The first kappa shape index (κ1) is 19.6. The van der Waals surface area contributed by atoms with Crippen molar-refractivity contribution in [3.8, 4) is 11.5 Å². The van der Waals surface area contributed by atoms with Crippen molar-refractivity contribution in [3.05, 3.63) is 89.2 Å². The first-order valence-corrected chi connectivity index (χ1v) is 9.84. The number of hydrogen-bond donors (Lipinski definition) is 1. The van der Waals surface area contributed by atoms with E-state index in [-0.39, 0.29) is 11.7 Å². The van der Waals surface area contributed by atoms with Crippen LogP contribution < -0.4 is 15.2 Å². The van der Waals surface area contributed by atoms with Gasteiger partial charge in [0.2, 0.25) is 5.91 Å². The highest BCUT2D eigenvalue weighted by atomic mass is 16.5. The van der Waals surface area contributed by atoms with Crippen LogP contribution in [0.25, 0.3) is 0 Å². The highest BCUT2D eigenvalue weighted by Crippen LogP contribution is 2.35. The number of primary amides is 1. The maximum Gasteiger partial charge on any atom is 0.248 e. The van der Waals surface area contributed by atoms with Crippen LogP contribution in [0.3, 0.4) is 0 Å². The number of carbonyl (C=O) groups is 2. The SMILES string of the molecule is CCC1COc2cc(O[C@H](c3ccncc3)c3ccc(C(N)=O)cc3)ccc2C1=O. The molecule has 1 amide bonds. The van der Waals surface area contributed by atoms with Crippen LogP contribution in [0.15, 0.2) is 67.0 Å². The van der Waals surface area contributed by atoms with E-state index >= 15 is 0 Å². The minimum Gasteiger partial charge on any atom is -0.492 e. The highest BCUT2D eigenvalue weighted by Gasteiger charge is 2.28. The van der Waals surface area contributed by atoms with Gasteiger partial charge >= 0.3 is 0 Å². The van der Waals surface area contributed by atoms with E-state index < -0.39 is 12.0 Å². The summed E-state index contributed by atoms with van der Waals surface area (Å²) in [6.45, 7) is 2.37. The van der Waals surface area contributed by atoms with E-state index in [4.69, 9.17) is 15.2 Å². The summed E-state index contributed by atoms with van der Waals surface area (Å²) >= 11 is 0. The molecule has 6 nitrogen and oxygen atoms in total. The average Bonchev–Trinajstić information content (AvgIpc) is 2.78. The van der Waals surface area contributed by atoms with E-state index in [1.54, 1.807) is 42.7 Å². The van der Waals surface area contributed by atoms with Gasteiger partial charge in [-0.25, -0.2) is 0 Å². The van der Waals surface area contributed by atoms with E-state index in [9.17, 15) is 9.59 Å². The molecule has 0 radical (unpaired) electrons. The molecule has 2 N–H and O–H groups in total. The van der Waals surface area contributed by atoms with Crippen LogP contribution in [0.5, 0.6) is 11.5 Å². The molecule has 0 saturated carbocycles. The molecule has 0 saturated heterocycles. The Bertz CT molecular complexity index is 1060. The Morgan fingerprint density at radius 3 is 2.50 bits per heavy atom. The number of benzene rings is 2. The summed E-state index contributed by atoms with van der Waals surface area (Å²) < 4.78 is 12.1. The Hall–Kier alpha value is -3.67. The van der Waals surface area contributed by atoms with Crippen LogP contribution >= 0.6 is 0 Å². The number of carbonyl (C=O) groups excluding carboxylic acids is 2. The zero-order valence-electron chi connectivity index (χ0n) is 16.6. The number of ether oxygens (including phenoxy) is 2. The fourth-order valence-corrected chi connectivity index (χ4v) is 3.51. The molecular formula is C24H22N2O4. The van der Waals surface area contributed by atoms with E-state index in [0.717, 1.165) is 17.5 Å². The third-order valence-corrected chi connectivity index (χ3v) is 5.28. The van der Waals surface area contributed by atoms with E-state index in [1.807, 2.05) is 31.2 Å². The molecule has 0 spiro atoms. The minimum absolute atomic E-state index is 0.0994. The second kappa shape index (κ2) is 8.37. The monoisotopic (exact) mass is 402 g/mol. The second-order valence-corrected chi connectivity index (χ2v) is 7.20. The number of amides is 1. The van der Waals surface area contributed by atoms with Gasteiger partial charge in [-0.1, -0.05) is 19.1 Å². The van der Waals surface area contributed by atoms with Crippen LogP contribution in [0.2, 0.25) is 0 Å². The maximum absolute atomic E-state index is 12.5. The molecule has 1 aliphatic rings. The summed E-state index contributed by atoms with van der Waals surface area (Å²) in [4.78, 5) is 28.0. The van der Waals surface area contributed by atoms with Crippen molar-refractivity contribution in [1.82, 2.24) is 4.98 Å². The zero-order chi connectivity index (χ0) is 21.1. The van der Waals surface area contributed by atoms with Crippen LogP contribution in [-0.2, 0) is 0 Å². The molecule has 2 atom stereocenters. The number of fused-ring (bicyclic) bond motifs is 1. The van der Waals surface area contributed by atoms with Crippen LogP contribution in [-0.4, -0.2) is 23.3 Å². The Morgan fingerprint density at radius 1 is 1.13 bits per heavy atom. The van der Waals surface area contributed by atoms with Crippen LogP contribution in [0.4, 0.5) is 0 Å². The predicted octanol–water partition coefficient (Wildman–Crippen LogP) is 3.95. The van der Waals surface area contributed by atoms with Gasteiger partial charge in [0.1, 0.15) is 17.6 Å². The molecule has 0 bridgehead atoms. The van der Waals surface area contributed by atoms with Crippen LogP contribution in [0.1, 0.15) is 51.3 Å². The molecule has 30 heavy (non-hydrogen) atoms. The molecule has 1 aromatic heterocycles. The van der Waals surface area contributed by atoms with Gasteiger partial charge in [-0.15, -0.1) is 0 Å². The molecular weight excluding hydrogens is 380 g/mol. The lowest BCUT2D eigenvalue weighted by atomic mass is 9.93. The number of nitrogens with zero attached hydrogens (tertiary/aromatic N) is 1. The van der Waals surface area contributed by atoms with Gasteiger partial charge in [0.25, 0.3) is 0 Å². The maximum atomic E-state index is 12.5. The Balaban J connectivity index is 1.66. The first-order valence-electron chi connectivity index (χ1n) is 9.84. The van der Waals surface area contributed by atoms with Gasteiger partial charge in [-0.2, -0.15) is 0 Å². The van der Waals surface area contributed by atoms with Crippen molar-refractivity contribution in [2.45, 2.75) is 19.4 Å². The molecule has 2 heterocycles. The van der Waals surface area contributed by atoms with Gasteiger partial charge in [0, 0.05) is 24.0 Å². The second-order valence-electron chi connectivity index (χ2n) is 7.20. The lowest BCUT2D eigenvalue weighted by Gasteiger charge is -2.25. The Labute approximate surface area is 174 Å². The lowest BCUT2D eigenvalue weighted by molar-refractivity contribution is 0.0825. The average molecular weight is 402 g/mol. The lowest BCUT2D eigenvalue weighted by Crippen LogP contribution is -2.27. The van der Waals surface area contributed by atoms with Gasteiger partial charge < -0.3 is 15.2 Å². The normalized spacial score (nSPS) is 16.3. The molecule has 0 fully saturated rings. The van der Waals surface area contributed by atoms with Gasteiger partial charge in [0.15, 0.2) is 5.78 Å². The van der Waals surface area contributed by atoms with E-state index in [0.29, 0.717) is 29.2 Å². The number of pyridine rings is 1. The number of ketones is 1. The zero-order valence-corrected chi connectivity index (χ0v) is 16.6. The smallest absolute Gasteiger partial charge is 0.248 e. The summed E-state index contributed by atoms with van der Waals surface area (Å²) in [7, 11) is 0. The van der Waals surface area contributed by atoms with Crippen molar-refractivity contribution < 1.29 is 19.1 Å². The Morgan fingerprint density at radius 2 is 1.83 bits per heavy atom. The summed E-state index contributed by atoms with van der Waals surface area (Å²) in [6, 6.07) is 16.0. The minimum atomic E-state index is -0.482. The van der Waals surface area contributed by atoms with Crippen molar-refractivity contribution >= 4 is 11.7 Å². The summed E-state index contributed by atoms with van der Waals surface area (Å²) in [6.07, 6.45) is 3.71. The Kier molecular flexibility index (Phi) is 5.48. The molecule has 2 aromatic carbocycles. The quantitative estimate of drug-likeness (QED) is 0.674. The molecule has 6 heteroatoms. The molecule has 4 rings (SSSR count). The highest BCUT2D eigenvalue weighted by molar-refractivity contribution is 6.01. The number of Topliss-reactive ketones (excluding diaryl/α,β-unsaturated/α-hetero) is 1. The number of rotatable bonds is 6. The third kappa shape index (κ3) is 3.89. The van der Waals surface area contributed by atoms with Crippen molar-refractivity contribution in [3.63, 3.8) is 0 Å². The standard InChI is InChI=1S/C24H22N2O4/c1-2-15-14-29-21-13-19(7-8-20(21)22(15)27)30-23(17-9-11-26-12-10-17)16-3-5-18(6-4-16)24(25)28/h3-13,15,23H,2,14H2,1H3,(H2,25,28)/t15?,23-/m0/s1. The summed E-state index contributed by atoms with van der Waals surface area (Å²) in [5, 5.41) is 0. The largest absolute Gasteiger partial charge is 0.492 e. The first-order chi connectivity index (χ1) is 14.6. The topological polar surface area (TPSA) is 91.5 Å². The molecule has 0 aliphatic carbocycles. The molecule has 3 aromatic rings. The van der Waals surface area contributed by atoms with Crippen molar-refractivity contribution in [2.24, 2.45) is 11.7 Å². The number of nitrogens with two attached hydrogens (primary N) is 1. The number of hydrogen-bond acceptors (Lipinski definition) is 5. The predicted molar refractivity (Wildman–Crippen MR) is 112 cm³/mol. The van der Waals surface area contributed by atoms with Crippen molar-refractivity contribution in [1.29, 1.82) is 0 Å². The number of aromatic nitrogens is 1. The van der Waals surface area contributed by atoms with Gasteiger partial charge in [-0.05, 0) is 53.9 Å². The van der Waals surface area contributed by atoms with Gasteiger partial charge in [0.05, 0.1) is 18.1 Å². The molecule has 1 unspecified atom stereocenters. The molecule has 152 valence electrons. The van der Waals surface area contributed by atoms with E-state index in [2.05, 4.69) is 4.98 Å². The van der Waals surface area contributed by atoms with E-state index in [1.165, 1.54) is 0 Å². The van der Waals surface area contributed by atoms with Crippen molar-refractivity contribution in [2.75, 3.05) is 6.61 Å².